The molecule has 0 radical (unpaired) electrons. The normalized spacial score (nSPS) is 17.1. The summed E-state index contributed by atoms with van der Waals surface area (Å²) in [4.78, 5) is 12.1. The van der Waals surface area contributed by atoms with Crippen LogP contribution >= 0.6 is 0 Å². The van der Waals surface area contributed by atoms with Crippen LogP contribution in [0.2, 0.25) is 0 Å². The van der Waals surface area contributed by atoms with Gasteiger partial charge in [0.15, 0.2) is 11.6 Å². The lowest BCUT2D eigenvalue weighted by Crippen LogP contribution is -2.44. The third kappa shape index (κ3) is 3.74. The Kier molecular flexibility index (Phi) is 5.34. The molecule has 22 heavy (non-hydrogen) atoms. The summed E-state index contributed by atoms with van der Waals surface area (Å²) in [5.41, 5.74) is -1.66. The van der Waals surface area contributed by atoms with Crippen molar-refractivity contribution in [3.63, 3.8) is 0 Å². The lowest BCUT2D eigenvalue weighted by molar-refractivity contribution is 0.00516. The summed E-state index contributed by atoms with van der Waals surface area (Å²) in [6.07, 6.45) is 3.98. The van der Waals surface area contributed by atoms with Gasteiger partial charge >= 0.3 is 0 Å². The molecule has 1 fully saturated rings. The predicted molar refractivity (Wildman–Crippen MR) is 77.9 cm³/mol. The monoisotopic (exact) mass is 313 g/mol. The summed E-state index contributed by atoms with van der Waals surface area (Å²) in [7, 11) is 0. The van der Waals surface area contributed by atoms with Crippen molar-refractivity contribution in [3.8, 4) is 5.75 Å². The van der Waals surface area contributed by atoms with Gasteiger partial charge in [-0.25, -0.2) is 8.78 Å². The molecule has 1 saturated carbocycles. The second-order valence-electron chi connectivity index (χ2n) is 5.64. The Morgan fingerprint density at radius 2 is 2.00 bits per heavy atom. The van der Waals surface area contributed by atoms with Gasteiger partial charge < -0.3 is 15.2 Å². The zero-order chi connectivity index (χ0) is 16.2. The van der Waals surface area contributed by atoms with Crippen LogP contribution in [0.1, 0.15) is 49.4 Å². The molecule has 2 rings (SSSR count). The van der Waals surface area contributed by atoms with E-state index in [1.54, 1.807) is 6.92 Å². The minimum absolute atomic E-state index is 0.0103. The van der Waals surface area contributed by atoms with Gasteiger partial charge in [-0.2, -0.15) is 0 Å². The molecule has 1 aromatic carbocycles. The van der Waals surface area contributed by atoms with E-state index in [0.717, 1.165) is 31.4 Å². The number of carbonyl (C=O) groups excluding carboxylic acids is 1. The Bertz CT molecular complexity index is 542. The molecule has 0 heterocycles. The highest BCUT2D eigenvalue weighted by molar-refractivity contribution is 5.95. The summed E-state index contributed by atoms with van der Waals surface area (Å²) in [6, 6.07) is 2.15. The van der Waals surface area contributed by atoms with Crippen LogP contribution in [0.3, 0.4) is 0 Å². The molecule has 0 aromatic heterocycles. The van der Waals surface area contributed by atoms with Crippen LogP contribution in [0.15, 0.2) is 12.1 Å². The number of carbonyl (C=O) groups is 1. The number of rotatable bonds is 5. The Balaban J connectivity index is 2.10. The fraction of sp³-hybridized carbons (Fsp3) is 0.562. The molecule has 1 aromatic rings. The first-order chi connectivity index (χ1) is 10.5. The van der Waals surface area contributed by atoms with Gasteiger partial charge in [-0.3, -0.25) is 4.79 Å². The zero-order valence-electron chi connectivity index (χ0n) is 12.6. The lowest BCUT2D eigenvalue weighted by atomic mass is 9.85. The van der Waals surface area contributed by atoms with E-state index in [1.807, 2.05) is 0 Å². The highest BCUT2D eigenvalue weighted by atomic mass is 19.1. The lowest BCUT2D eigenvalue weighted by Gasteiger charge is -2.32. The van der Waals surface area contributed by atoms with Gasteiger partial charge in [-0.05, 0) is 31.9 Å². The largest absolute Gasteiger partial charge is 0.491 e. The molecule has 0 bridgehead atoms. The Morgan fingerprint density at radius 3 is 2.64 bits per heavy atom. The fourth-order valence-electron chi connectivity index (χ4n) is 2.73. The maximum Gasteiger partial charge on any atom is 0.257 e. The van der Waals surface area contributed by atoms with Gasteiger partial charge in [0.05, 0.1) is 12.2 Å². The molecule has 1 aliphatic rings. The number of ether oxygens (including phenoxy) is 1. The maximum absolute atomic E-state index is 14.1. The van der Waals surface area contributed by atoms with Crippen LogP contribution < -0.4 is 10.1 Å². The molecular weight excluding hydrogens is 292 g/mol. The summed E-state index contributed by atoms with van der Waals surface area (Å²) in [5.74, 6) is -3.01. The quantitative estimate of drug-likeness (QED) is 0.879. The van der Waals surface area contributed by atoms with E-state index < -0.39 is 28.7 Å². The second kappa shape index (κ2) is 7.05. The smallest absolute Gasteiger partial charge is 0.257 e. The predicted octanol–water partition coefficient (Wildman–Crippen LogP) is 2.79. The Hall–Kier alpha value is -1.69. The summed E-state index contributed by atoms with van der Waals surface area (Å²) in [5, 5.41) is 12.8. The van der Waals surface area contributed by atoms with Crippen LogP contribution in [0.5, 0.6) is 5.75 Å². The Morgan fingerprint density at radius 1 is 1.32 bits per heavy atom. The van der Waals surface area contributed by atoms with Gasteiger partial charge in [0, 0.05) is 6.54 Å². The van der Waals surface area contributed by atoms with Crippen LogP contribution in [-0.4, -0.2) is 29.8 Å². The number of amides is 1. The zero-order valence-corrected chi connectivity index (χ0v) is 12.6. The minimum atomic E-state index is -1.02. The average Bonchev–Trinajstić information content (AvgIpc) is 2.49. The molecule has 4 nitrogen and oxygen atoms in total. The number of hydrogen-bond donors (Lipinski definition) is 2. The van der Waals surface area contributed by atoms with Crippen LogP contribution in [-0.2, 0) is 0 Å². The van der Waals surface area contributed by atoms with Crippen molar-refractivity contribution in [1.29, 1.82) is 0 Å². The summed E-state index contributed by atoms with van der Waals surface area (Å²) < 4.78 is 32.9. The van der Waals surface area contributed by atoms with Gasteiger partial charge in [-0.1, -0.05) is 19.3 Å². The highest BCUT2D eigenvalue weighted by Crippen LogP contribution is 2.28. The number of nitrogens with one attached hydrogen (secondary N) is 1. The van der Waals surface area contributed by atoms with Crippen LogP contribution in [0.25, 0.3) is 0 Å². The van der Waals surface area contributed by atoms with Crippen molar-refractivity contribution in [2.75, 3.05) is 13.2 Å². The third-order valence-electron chi connectivity index (χ3n) is 3.94. The van der Waals surface area contributed by atoms with Crippen molar-refractivity contribution >= 4 is 5.91 Å². The van der Waals surface area contributed by atoms with Crippen molar-refractivity contribution in [2.45, 2.75) is 44.6 Å². The summed E-state index contributed by atoms with van der Waals surface area (Å²) >= 11 is 0. The number of benzene rings is 1. The highest BCUT2D eigenvalue weighted by Gasteiger charge is 2.30. The van der Waals surface area contributed by atoms with E-state index in [4.69, 9.17) is 4.74 Å². The molecule has 0 spiro atoms. The minimum Gasteiger partial charge on any atom is -0.491 e. The molecule has 1 aliphatic carbocycles. The number of halogens is 2. The molecule has 6 heteroatoms. The van der Waals surface area contributed by atoms with E-state index in [2.05, 4.69) is 5.32 Å². The van der Waals surface area contributed by atoms with Gasteiger partial charge in [0.25, 0.3) is 5.91 Å². The Labute approximate surface area is 128 Å². The third-order valence-corrected chi connectivity index (χ3v) is 3.94. The van der Waals surface area contributed by atoms with Gasteiger partial charge in [0.2, 0.25) is 0 Å². The van der Waals surface area contributed by atoms with Gasteiger partial charge in [0.1, 0.15) is 11.4 Å². The van der Waals surface area contributed by atoms with E-state index in [9.17, 15) is 18.7 Å². The van der Waals surface area contributed by atoms with E-state index in [-0.39, 0.29) is 18.9 Å². The molecule has 1 amide bonds. The van der Waals surface area contributed by atoms with Crippen molar-refractivity contribution in [2.24, 2.45) is 0 Å². The SMILES string of the molecule is CCOc1ccc(F)c(C(=O)NCC2(O)CCCCC2)c1F. The van der Waals surface area contributed by atoms with E-state index in [1.165, 1.54) is 0 Å². The van der Waals surface area contributed by atoms with Crippen molar-refractivity contribution in [1.82, 2.24) is 5.32 Å². The van der Waals surface area contributed by atoms with E-state index in [0.29, 0.717) is 12.8 Å². The second-order valence-corrected chi connectivity index (χ2v) is 5.64. The molecule has 0 saturated heterocycles. The first-order valence-corrected chi connectivity index (χ1v) is 7.58. The summed E-state index contributed by atoms with van der Waals surface area (Å²) in [6.45, 7) is 1.87. The molecule has 0 atom stereocenters. The average molecular weight is 313 g/mol. The molecular formula is C16H21F2NO3. The number of hydrogen-bond acceptors (Lipinski definition) is 3. The first kappa shape index (κ1) is 16.7. The fourth-order valence-corrected chi connectivity index (χ4v) is 2.73. The molecule has 0 aliphatic heterocycles. The number of aliphatic hydroxyl groups is 1. The molecule has 122 valence electrons. The van der Waals surface area contributed by atoms with E-state index >= 15 is 0 Å². The standard InChI is InChI=1S/C16H21F2NO3/c1-2-22-12-7-6-11(17)13(14(12)18)15(20)19-10-16(21)8-4-3-5-9-16/h6-7,21H,2-5,8-10H2,1H3,(H,19,20). The topological polar surface area (TPSA) is 58.6 Å². The van der Waals surface area contributed by atoms with Gasteiger partial charge in [-0.15, -0.1) is 0 Å². The first-order valence-electron chi connectivity index (χ1n) is 7.58. The van der Waals surface area contributed by atoms with Crippen LogP contribution in [0, 0.1) is 11.6 Å². The van der Waals surface area contributed by atoms with Crippen molar-refractivity contribution < 1.29 is 23.4 Å². The van der Waals surface area contributed by atoms with Crippen molar-refractivity contribution in [3.05, 3.63) is 29.3 Å². The maximum atomic E-state index is 14.1. The molecule has 0 unspecified atom stereocenters. The van der Waals surface area contributed by atoms with Crippen LogP contribution in [0.4, 0.5) is 8.78 Å². The molecule has 2 N–H and O–H groups in total.